The van der Waals surface area contributed by atoms with Gasteiger partial charge in [0.05, 0.1) is 0 Å². The van der Waals surface area contributed by atoms with Crippen LogP contribution in [0.4, 0.5) is 0 Å². The van der Waals surface area contributed by atoms with Crippen LogP contribution in [0.3, 0.4) is 0 Å². The lowest BCUT2D eigenvalue weighted by atomic mass is 10.2. The van der Waals surface area contributed by atoms with Crippen LogP contribution < -0.4 is 0 Å². The molecule has 0 saturated carbocycles. The van der Waals surface area contributed by atoms with E-state index in [1.54, 1.807) is 6.20 Å². The van der Waals surface area contributed by atoms with Gasteiger partial charge in [0.1, 0.15) is 11.8 Å². The average Bonchev–Trinajstić information content (AvgIpc) is 2.18. The van der Waals surface area contributed by atoms with Gasteiger partial charge in [-0.2, -0.15) is 5.26 Å². The maximum Gasteiger partial charge on any atom is 0.140 e. The fraction of sp³-hybridized carbons (Fsp3) is 0.455. The largest absolute Gasteiger partial charge is 0.302 e. The number of nitriles is 1. The SMILES string of the molecule is CCCN(C)Cc1ccnc(C#N)c1. The lowest BCUT2D eigenvalue weighted by Gasteiger charge is -2.14. The first kappa shape index (κ1) is 10.7. The van der Waals surface area contributed by atoms with E-state index < -0.39 is 0 Å². The maximum absolute atomic E-state index is 8.67. The molecule has 0 atom stereocenters. The molecule has 1 aromatic heterocycles. The van der Waals surface area contributed by atoms with Crippen LogP contribution in [-0.4, -0.2) is 23.5 Å². The van der Waals surface area contributed by atoms with Gasteiger partial charge in [0, 0.05) is 12.7 Å². The zero-order chi connectivity index (χ0) is 10.4. The highest BCUT2D eigenvalue weighted by atomic mass is 15.1. The molecule has 3 heteroatoms. The minimum atomic E-state index is 0.493. The van der Waals surface area contributed by atoms with E-state index in [1.807, 2.05) is 18.2 Å². The molecule has 0 fully saturated rings. The second kappa shape index (κ2) is 5.36. The Bertz CT molecular complexity index is 328. The van der Waals surface area contributed by atoms with Gasteiger partial charge in [-0.15, -0.1) is 0 Å². The summed E-state index contributed by atoms with van der Waals surface area (Å²) in [4.78, 5) is 6.16. The summed E-state index contributed by atoms with van der Waals surface area (Å²) in [6, 6.07) is 5.83. The second-order valence-corrected chi connectivity index (χ2v) is 3.40. The first-order chi connectivity index (χ1) is 6.76. The molecule has 0 radical (unpaired) electrons. The van der Waals surface area contributed by atoms with Crippen molar-refractivity contribution in [2.45, 2.75) is 19.9 Å². The predicted molar refractivity (Wildman–Crippen MR) is 55.6 cm³/mol. The smallest absolute Gasteiger partial charge is 0.140 e. The van der Waals surface area contributed by atoms with E-state index in [2.05, 4.69) is 23.9 Å². The van der Waals surface area contributed by atoms with Crippen LogP contribution in [0.5, 0.6) is 0 Å². The summed E-state index contributed by atoms with van der Waals surface area (Å²) in [6.07, 6.45) is 2.83. The minimum Gasteiger partial charge on any atom is -0.302 e. The highest BCUT2D eigenvalue weighted by molar-refractivity contribution is 5.25. The second-order valence-electron chi connectivity index (χ2n) is 3.40. The van der Waals surface area contributed by atoms with Gasteiger partial charge in [-0.3, -0.25) is 0 Å². The third-order valence-corrected chi connectivity index (χ3v) is 2.00. The zero-order valence-corrected chi connectivity index (χ0v) is 8.70. The predicted octanol–water partition coefficient (Wildman–Crippen LogP) is 1.80. The molecule has 1 aromatic rings. The van der Waals surface area contributed by atoms with Crippen LogP contribution in [0.25, 0.3) is 0 Å². The fourth-order valence-corrected chi connectivity index (χ4v) is 1.41. The van der Waals surface area contributed by atoms with Crippen molar-refractivity contribution in [3.8, 4) is 6.07 Å². The Morgan fingerprint density at radius 2 is 2.36 bits per heavy atom. The number of hydrogen-bond donors (Lipinski definition) is 0. The lowest BCUT2D eigenvalue weighted by molar-refractivity contribution is 0.327. The third-order valence-electron chi connectivity index (χ3n) is 2.00. The van der Waals surface area contributed by atoms with Gasteiger partial charge in [0.15, 0.2) is 0 Å². The number of nitrogens with zero attached hydrogens (tertiary/aromatic N) is 3. The molecular weight excluding hydrogens is 174 g/mol. The molecule has 0 saturated heterocycles. The maximum atomic E-state index is 8.67. The van der Waals surface area contributed by atoms with Crippen LogP contribution in [-0.2, 0) is 6.54 Å². The van der Waals surface area contributed by atoms with Crippen LogP contribution >= 0.6 is 0 Å². The number of rotatable bonds is 4. The van der Waals surface area contributed by atoms with Gasteiger partial charge < -0.3 is 4.90 Å². The molecule has 0 aliphatic heterocycles. The summed E-state index contributed by atoms with van der Waals surface area (Å²) in [6.45, 7) is 4.11. The Morgan fingerprint density at radius 3 is 3.00 bits per heavy atom. The molecule has 1 heterocycles. The van der Waals surface area contributed by atoms with Crippen molar-refractivity contribution in [1.29, 1.82) is 5.26 Å². The van der Waals surface area contributed by atoms with Crippen molar-refractivity contribution in [2.24, 2.45) is 0 Å². The van der Waals surface area contributed by atoms with E-state index >= 15 is 0 Å². The fourth-order valence-electron chi connectivity index (χ4n) is 1.41. The van der Waals surface area contributed by atoms with Crippen LogP contribution in [0.15, 0.2) is 18.3 Å². The molecule has 0 bridgehead atoms. The first-order valence-corrected chi connectivity index (χ1v) is 4.80. The monoisotopic (exact) mass is 189 g/mol. The molecule has 0 amide bonds. The standard InChI is InChI=1S/C11H15N3/c1-3-6-14(2)9-10-4-5-13-11(7-10)8-12/h4-5,7H,3,6,9H2,1-2H3. The van der Waals surface area contributed by atoms with E-state index in [4.69, 9.17) is 5.26 Å². The topological polar surface area (TPSA) is 39.9 Å². The number of hydrogen-bond acceptors (Lipinski definition) is 3. The highest BCUT2D eigenvalue weighted by Crippen LogP contribution is 2.04. The molecule has 0 spiro atoms. The Labute approximate surface area is 85.0 Å². The van der Waals surface area contributed by atoms with Crippen molar-refractivity contribution < 1.29 is 0 Å². The van der Waals surface area contributed by atoms with Crippen LogP contribution in [0.1, 0.15) is 24.6 Å². The molecule has 1 rings (SSSR count). The quantitative estimate of drug-likeness (QED) is 0.725. The number of pyridine rings is 1. The average molecular weight is 189 g/mol. The van der Waals surface area contributed by atoms with Crippen molar-refractivity contribution in [2.75, 3.05) is 13.6 Å². The molecule has 0 aromatic carbocycles. The van der Waals surface area contributed by atoms with E-state index in [-0.39, 0.29) is 0 Å². The molecule has 14 heavy (non-hydrogen) atoms. The lowest BCUT2D eigenvalue weighted by Crippen LogP contribution is -2.18. The van der Waals surface area contributed by atoms with Gasteiger partial charge in [-0.05, 0) is 37.7 Å². The van der Waals surface area contributed by atoms with Gasteiger partial charge in [-0.25, -0.2) is 4.98 Å². The molecule has 0 aliphatic carbocycles. The molecule has 0 N–H and O–H groups in total. The normalized spacial score (nSPS) is 10.1. The summed E-state index contributed by atoms with van der Waals surface area (Å²) in [5.74, 6) is 0. The van der Waals surface area contributed by atoms with Gasteiger partial charge in [0.2, 0.25) is 0 Å². The van der Waals surface area contributed by atoms with Crippen molar-refractivity contribution in [3.05, 3.63) is 29.6 Å². The van der Waals surface area contributed by atoms with Crippen molar-refractivity contribution in [1.82, 2.24) is 9.88 Å². The van der Waals surface area contributed by atoms with Crippen molar-refractivity contribution >= 4 is 0 Å². The Hall–Kier alpha value is -1.40. The third kappa shape index (κ3) is 3.15. The molecule has 74 valence electrons. The zero-order valence-electron chi connectivity index (χ0n) is 8.70. The summed E-state index contributed by atoms with van der Waals surface area (Å²) >= 11 is 0. The molecular formula is C11H15N3. The Balaban J connectivity index is 2.63. The summed E-state index contributed by atoms with van der Waals surface area (Å²) < 4.78 is 0. The summed E-state index contributed by atoms with van der Waals surface area (Å²) in [5, 5.41) is 8.67. The highest BCUT2D eigenvalue weighted by Gasteiger charge is 2.00. The van der Waals surface area contributed by atoms with E-state index in [1.165, 1.54) is 0 Å². The summed E-state index contributed by atoms with van der Waals surface area (Å²) in [7, 11) is 2.08. The van der Waals surface area contributed by atoms with Gasteiger partial charge in [-0.1, -0.05) is 6.92 Å². The Morgan fingerprint density at radius 1 is 1.57 bits per heavy atom. The van der Waals surface area contributed by atoms with E-state index in [0.717, 1.165) is 25.1 Å². The first-order valence-electron chi connectivity index (χ1n) is 4.80. The minimum absolute atomic E-state index is 0.493. The Kier molecular flexibility index (Phi) is 4.09. The molecule has 0 unspecified atom stereocenters. The number of aromatic nitrogens is 1. The molecule has 0 aliphatic rings. The van der Waals surface area contributed by atoms with Gasteiger partial charge in [0.25, 0.3) is 0 Å². The summed E-state index contributed by atoms with van der Waals surface area (Å²) in [5.41, 5.74) is 1.64. The van der Waals surface area contributed by atoms with Crippen LogP contribution in [0, 0.1) is 11.3 Å². The van der Waals surface area contributed by atoms with E-state index in [9.17, 15) is 0 Å². The van der Waals surface area contributed by atoms with E-state index in [0.29, 0.717) is 5.69 Å². The van der Waals surface area contributed by atoms with Gasteiger partial charge >= 0.3 is 0 Å². The molecule has 3 nitrogen and oxygen atoms in total. The van der Waals surface area contributed by atoms with Crippen LogP contribution in [0.2, 0.25) is 0 Å². The van der Waals surface area contributed by atoms with Crippen molar-refractivity contribution in [3.63, 3.8) is 0 Å².